The number of carbonyl (C=O) groups excluding carboxylic acids is 1. The van der Waals surface area contributed by atoms with Crippen molar-refractivity contribution in [3.63, 3.8) is 0 Å². The Hall–Kier alpha value is -1.30. The molecule has 2 amide bonds. The number of rotatable bonds is 7. The fourth-order valence-electron chi connectivity index (χ4n) is 2.96. The number of amides is 2. The second kappa shape index (κ2) is 7.64. The van der Waals surface area contributed by atoms with Gasteiger partial charge in [-0.1, -0.05) is 26.7 Å². The maximum atomic E-state index is 12.0. The monoisotopic (exact) mass is 299 g/mol. The Morgan fingerprint density at radius 2 is 1.81 bits per heavy atom. The van der Waals surface area contributed by atoms with Crippen LogP contribution in [0.2, 0.25) is 0 Å². The number of carbonyl (C=O) groups is 2. The van der Waals surface area contributed by atoms with Crippen molar-refractivity contribution in [1.82, 2.24) is 15.5 Å². The van der Waals surface area contributed by atoms with Gasteiger partial charge in [-0.25, -0.2) is 9.59 Å². The molecule has 21 heavy (non-hydrogen) atoms. The van der Waals surface area contributed by atoms with Crippen molar-refractivity contribution in [2.45, 2.75) is 57.5 Å². The van der Waals surface area contributed by atoms with Crippen LogP contribution in [0.25, 0.3) is 0 Å². The van der Waals surface area contributed by atoms with Crippen molar-refractivity contribution in [3.8, 4) is 0 Å². The van der Waals surface area contributed by atoms with Crippen LogP contribution in [0.3, 0.4) is 0 Å². The molecule has 0 aliphatic heterocycles. The van der Waals surface area contributed by atoms with Gasteiger partial charge < -0.3 is 20.6 Å². The van der Waals surface area contributed by atoms with E-state index in [4.69, 9.17) is 5.11 Å². The number of carboxylic acids is 1. The summed E-state index contributed by atoms with van der Waals surface area (Å²) in [6, 6.07) is -1.22. The van der Waals surface area contributed by atoms with Crippen molar-refractivity contribution >= 4 is 12.0 Å². The Labute approximate surface area is 127 Å². The fourth-order valence-corrected chi connectivity index (χ4v) is 2.96. The van der Waals surface area contributed by atoms with Gasteiger partial charge in [0.25, 0.3) is 0 Å². The Morgan fingerprint density at radius 1 is 1.24 bits per heavy atom. The molecule has 0 bridgehead atoms. The Morgan fingerprint density at radius 3 is 2.24 bits per heavy atom. The van der Waals surface area contributed by atoms with E-state index in [0.717, 1.165) is 12.8 Å². The Balaban J connectivity index is 2.50. The minimum atomic E-state index is -0.984. The molecule has 6 heteroatoms. The predicted octanol–water partition coefficient (Wildman–Crippen LogP) is 1.66. The number of carboxylic acid groups (broad SMARTS) is 1. The maximum absolute atomic E-state index is 12.0. The number of likely N-dealkylation sites (N-methyl/N-ethyl adjacent to an activating group) is 1. The third-order valence-corrected chi connectivity index (χ3v) is 4.37. The number of nitrogens with one attached hydrogen (secondary N) is 2. The van der Waals surface area contributed by atoms with E-state index in [9.17, 15) is 9.59 Å². The number of hydrogen-bond donors (Lipinski definition) is 3. The van der Waals surface area contributed by atoms with Crippen LogP contribution in [0, 0.1) is 5.92 Å². The van der Waals surface area contributed by atoms with E-state index in [0.29, 0.717) is 13.0 Å². The first-order chi connectivity index (χ1) is 9.77. The number of nitrogens with zero attached hydrogens (tertiary/aromatic N) is 1. The van der Waals surface area contributed by atoms with Crippen LogP contribution in [0.15, 0.2) is 0 Å². The molecular formula is C15H29N3O3. The SMILES string of the molecule is CC(C)C[C@H](NC(=O)NCC1(N(C)C)CCCC1)C(=O)O. The van der Waals surface area contributed by atoms with E-state index in [1.165, 1.54) is 12.8 Å². The molecule has 0 aromatic heterocycles. The number of hydrogen-bond acceptors (Lipinski definition) is 3. The van der Waals surface area contributed by atoms with Gasteiger partial charge in [-0.3, -0.25) is 0 Å². The zero-order valence-corrected chi connectivity index (χ0v) is 13.6. The van der Waals surface area contributed by atoms with Crippen LogP contribution in [-0.4, -0.2) is 54.2 Å². The molecule has 1 aliphatic rings. The minimum Gasteiger partial charge on any atom is -0.480 e. The highest BCUT2D eigenvalue weighted by atomic mass is 16.4. The minimum absolute atomic E-state index is 0.00804. The van der Waals surface area contributed by atoms with Gasteiger partial charge in [-0.2, -0.15) is 0 Å². The van der Waals surface area contributed by atoms with Gasteiger partial charge in [-0.15, -0.1) is 0 Å². The first kappa shape index (κ1) is 17.8. The molecule has 0 saturated heterocycles. The zero-order valence-electron chi connectivity index (χ0n) is 13.6. The molecule has 0 radical (unpaired) electrons. The van der Waals surface area contributed by atoms with Crippen molar-refractivity contribution in [2.24, 2.45) is 5.92 Å². The summed E-state index contributed by atoms with van der Waals surface area (Å²) in [5.41, 5.74) is 0.00804. The fraction of sp³-hybridized carbons (Fsp3) is 0.867. The summed E-state index contributed by atoms with van der Waals surface area (Å²) in [5.74, 6) is -0.767. The quantitative estimate of drug-likeness (QED) is 0.668. The third kappa shape index (κ3) is 5.19. The number of urea groups is 1. The average molecular weight is 299 g/mol. The summed E-state index contributed by atoms with van der Waals surface area (Å²) >= 11 is 0. The summed E-state index contributed by atoms with van der Waals surface area (Å²) in [6.45, 7) is 4.43. The predicted molar refractivity (Wildman–Crippen MR) is 82.3 cm³/mol. The largest absolute Gasteiger partial charge is 0.480 e. The normalized spacial score (nSPS) is 18.8. The molecule has 1 fully saturated rings. The van der Waals surface area contributed by atoms with E-state index in [1.54, 1.807) is 0 Å². The highest BCUT2D eigenvalue weighted by Crippen LogP contribution is 2.32. The van der Waals surface area contributed by atoms with Gasteiger partial charge in [-0.05, 0) is 39.3 Å². The van der Waals surface area contributed by atoms with Crippen LogP contribution in [-0.2, 0) is 4.79 Å². The molecule has 1 aliphatic carbocycles. The molecule has 0 heterocycles. The summed E-state index contributed by atoms with van der Waals surface area (Å²) in [7, 11) is 4.06. The van der Waals surface area contributed by atoms with Crippen LogP contribution in [0.4, 0.5) is 4.79 Å². The molecule has 1 atom stereocenters. The molecule has 122 valence electrons. The smallest absolute Gasteiger partial charge is 0.326 e. The highest BCUT2D eigenvalue weighted by Gasteiger charge is 2.36. The molecular weight excluding hydrogens is 270 g/mol. The zero-order chi connectivity index (χ0) is 16.0. The molecule has 1 saturated carbocycles. The first-order valence-corrected chi connectivity index (χ1v) is 7.71. The van der Waals surface area contributed by atoms with E-state index >= 15 is 0 Å². The molecule has 6 nitrogen and oxygen atoms in total. The van der Waals surface area contributed by atoms with E-state index in [2.05, 4.69) is 15.5 Å². The van der Waals surface area contributed by atoms with Crippen LogP contribution < -0.4 is 10.6 Å². The molecule has 0 unspecified atom stereocenters. The lowest BCUT2D eigenvalue weighted by Crippen LogP contribution is -2.54. The highest BCUT2D eigenvalue weighted by molar-refractivity contribution is 5.82. The van der Waals surface area contributed by atoms with Gasteiger partial charge in [0.1, 0.15) is 6.04 Å². The lowest BCUT2D eigenvalue weighted by atomic mass is 9.96. The Kier molecular flexibility index (Phi) is 6.45. The van der Waals surface area contributed by atoms with Crippen LogP contribution in [0.5, 0.6) is 0 Å². The molecule has 1 rings (SSSR count). The van der Waals surface area contributed by atoms with Crippen LogP contribution >= 0.6 is 0 Å². The second-order valence-electron chi connectivity index (χ2n) is 6.67. The summed E-state index contributed by atoms with van der Waals surface area (Å²) in [4.78, 5) is 25.3. The van der Waals surface area contributed by atoms with Crippen molar-refractivity contribution in [1.29, 1.82) is 0 Å². The molecule has 0 aromatic rings. The standard InChI is InChI=1S/C15H29N3O3/c1-11(2)9-12(13(19)20)17-14(21)16-10-15(18(3)4)7-5-6-8-15/h11-12H,5-10H2,1-4H3,(H,19,20)(H2,16,17,21)/t12-/m0/s1. The van der Waals surface area contributed by atoms with Gasteiger partial charge in [0.15, 0.2) is 0 Å². The van der Waals surface area contributed by atoms with E-state index < -0.39 is 18.0 Å². The summed E-state index contributed by atoms with van der Waals surface area (Å²) < 4.78 is 0. The van der Waals surface area contributed by atoms with Crippen molar-refractivity contribution < 1.29 is 14.7 Å². The van der Waals surface area contributed by atoms with Gasteiger partial charge in [0.2, 0.25) is 0 Å². The van der Waals surface area contributed by atoms with Crippen molar-refractivity contribution in [3.05, 3.63) is 0 Å². The molecule has 0 aromatic carbocycles. The van der Waals surface area contributed by atoms with E-state index in [1.807, 2.05) is 27.9 Å². The Bertz CT molecular complexity index is 363. The number of aliphatic carboxylic acids is 1. The lowest BCUT2D eigenvalue weighted by Gasteiger charge is -2.36. The maximum Gasteiger partial charge on any atom is 0.326 e. The van der Waals surface area contributed by atoms with Gasteiger partial charge >= 0.3 is 12.0 Å². The van der Waals surface area contributed by atoms with Crippen LogP contribution in [0.1, 0.15) is 46.0 Å². The first-order valence-electron chi connectivity index (χ1n) is 7.71. The van der Waals surface area contributed by atoms with E-state index in [-0.39, 0.29) is 11.5 Å². The molecule has 0 spiro atoms. The summed E-state index contributed by atoms with van der Waals surface area (Å²) in [5, 5.41) is 14.5. The second-order valence-corrected chi connectivity index (χ2v) is 6.67. The molecule has 3 N–H and O–H groups in total. The van der Waals surface area contributed by atoms with Gasteiger partial charge in [0, 0.05) is 12.1 Å². The van der Waals surface area contributed by atoms with Crippen molar-refractivity contribution in [2.75, 3.05) is 20.6 Å². The lowest BCUT2D eigenvalue weighted by molar-refractivity contribution is -0.139. The topological polar surface area (TPSA) is 81.7 Å². The van der Waals surface area contributed by atoms with Gasteiger partial charge in [0.05, 0.1) is 0 Å². The third-order valence-electron chi connectivity index (χ3n) is 4.37. The average Bonchev–Trinajstić information content (AvgIpc) is 2.85. The summed E-state index contributed by atoms with van der Waals surface area (Å²) in [6.07, 6.45) is 4.91.